The molecule has 1 heterocycles. The molecule has 2 fully saturated rings. The smallest absolute Gasteiger partial charge is 0.326 e. The third-order valence-corrected chi connectivity index (χ3v) is 4.58. The van der Waals surface area contributed by atoms with Gasteiger partial charge in [0.2, 0.25) is 5.91 Å². The molecule has 1 saturated heterocycles. The van der Waals surface area contributed by atoms with Crippen molar-refractivity contribution in [3.63, 3.8) is 0 Å². The summed E-state index contributed by atoms with van der Waals surface area (Å²) in [5.74, 6) is -0.555. The molecule has 1 aliphatic heterocycles. The van der Waals surface area contributed by atoms with E-state index in [9.17, 15) is 14.7 Å². The molecule has 1 amide bonds. The molecule has 0 spiro atoms. The Morgan fingerprint density at radius 3 is 2.45 bits per heavy atom. The first-order valence-corrected chi connectivity index (χ1v) is 7.58. The van der Waals surface area contributed by atoms with E-state index in [1.165, 1.54) is 19.3 Å². The van der Waals surface area contributed by atoms with Crippen LogP contribution in [0.25, 0.3) is 0 Å². The summed E-state index contributed by atoms with van der Waals surface area (Å²) in [6.45, 7) is 5.48. The minimum Gasteiger partial charge on any atom is -0.480 e. The van der Waals surface area contributed by atoms with Gasteiger partial charge in [-0.15, -0.1) is 0 Å². The number of fused-ring (bicyclic) bond motifs is 1. The van der Waals surface area contributed by atoms with E-state index >= 15 is 0 Å². The van der Waals surface area contributed by atoms with Crippen LogP contribution in [0.15, 0.2) is 0 Å². The molecule has 20 heavy (non-hydrogen) atoms. The standard InChI is InChI=1S/C15H26N2O3/c1-15(2,3)12(14(19)20)17-13(18)11-8-9-6-4-5-7-10(9)16-11/h9-12,16H,4-8H2,1-3H3,(H,17,18)(H,19,20). The van der Waals surface area contributed by atoms with Gasteiger partial charge in [0.15, 0.2) is 0 Å². The molecular formula is C15H26N2O3. The Kier molecular flexibility index (Phi) is 4.37. The van der Waals surface area contributed by atoms with E-state index in [-0.39, 0.29) is 11.9 Å². The summed E-state index contributed by atoms with van der Waals surface area (Å²) in [6, 6.07) is -0.635. The van der Waals surface area contributed by atoms with Crippen LogP contribution in [0.5, 0.6) is 0 Å². The van der Waals surface area contributed by atoms with Crippen molar-refractivity contribution in [1.82, 2.24) is 10.6 Å². The van der Waals surface area contributed by atoms with Crippen molar-refractivity contribution in [2.24, 2.45) is 11.3 Å². The summed E-state index contributed by atoms with van der Waals surface area (Å²) in [5, 5.41) is 15.4. The van der Waals surface area contributed by atoms with Crippen molar-refractivity contribution in [3.8, 4) is 0 Å². The lowest BCUT2D eigenvalue weighted by atomic mass is 9.84. The topological polar surface area (TPSA) is 78.4 Å². The largest absolute Gasteiger partial charge is 0.480 e. The maximum absolute atomic E-state index is 12.3. The Morgan fingerprint density at radius 2 is 1.90 bits per heavy atom. The van der Waals surface area contributed by atoms with E-state index in [1.54, 1.807) is 0 Å². The van der Waals surface area contributed by atoms with Crippen LogP contribution in [0.1, 0.15) is 52.9 Å². The molecule has 2 rings (SSSR count). The molecule has 0 bridgehead atoms. The normalized spacial score (nSPS) is 31.4. The van der Waals surface area contributed by atoms with E-state index in [4.69, 9.17) is 0 Å². The van der Waals surface area contributed by atoms with E-state index in [1.807, 2.05) is 20.8 Å². The molecule has 5 nitrogen and oxygen atoms in total. The molecule has 2 aliphatic rings. The van der Waals surface area contributed by atoms with Crippen LogP contribution in [0.3, 0.4) is 0 Å². The predicted octanol–water partition coefficient (Wildman–Crippen LogP) is 1.52. The van der Waals surface area contributed by atoms with Gasteiger partial charge in [0.05, 0.1) is 6.04 Å². The third-order valence-electron chi connectivity index (χ3n) is 4.58. The summed E-state index contributed by atoms with van der Waals surface area (Å²) in [5.41, 5.74) is -0.493. The van der Waals surface area contributed by atoms with Crippen molar-refractivity contribution in [2.45, 2.75) is 71.0 Å². The summed E-state index contributed by atoms with van der Waals surface area (Å²) < 4.78 is 0. The number of amides is 1. The maximum Gasteiger partial charge on any atom is 0.326 e. The first-order chi connectivity index (χ1) is 9.29. The Bertz CT molecular complexity index is 375. The fourth-order valence-electron chi connectivity index (χ4n) is 3.41. The zero-order chi connectivity index (χ0) is 14.9. The molecule has 1 saturated carbocycles. The van der Waals surface area contributed by atoms with Gasteiger partial charge in [-0.2, -0.15) is 0 Å². The van der Waals surface area contributed by atoms with Gasteiger partial charge in [-0.1, -0.05) is 33.6 Å². The number of carboxylic acids is 1. The second kappa shape index (κ2) is 5.72. The number of hydrogen-bond acceptors (Lipinski definition) is 3. The lowest BCUT2D eigenvalue weighted by Gasteiger charge is -2.29. The highest BCUT2D eigenvalue weighted by atomic mass is 16.4. The van der Waals surface area contributed by atoms with Crippen molar-refractivity contribution >= 4 is 11.9 Å². The van der Waals surface area contributed by atoms with Gasteiger partial charge in [-0.25, -0.2) is 4.79 Å². The number of carbonyl (C=O) groups excluding carboxylic acids is 1. The van der Waals surface area contributed by atoms with Crippen LogP contribution in [0.2, 0.25) is 0 Å². The molecule has 0 aromatic rings. The molecule has 0 aromatic heterocycles. The highest BCUT2D eigenvalue weighted by molar-refractivity contribution is 5.87. The van der Waals surface area contributed by atoms with Crippen molar-refractivity contribution in [3.05, 3.63) is 0 Å². The van der Waals surface area contributed by atoms with Crippen molar-refractivity contribution < 1.29 is 14.7 Å². The minimum absolute atomic E-state index is 0.165. The first-order valence-electron chi connectivity index (χ1n) is 7.58. The second-order valence-corrected chi connectivity index (χ2v) is 7.25. The Labute approximate surface area is 120 Å². The molecule has 5 heteroatoms. The lowest BCUT2D eigenvalue weighted by molar-refractivity contribution is -0.145. The average Bonchev–Trinajstić information content (AvgIpc) is 2.77. The molecule has 3 N–H and O–H groups in total. The second-order valence-electron chi connectivity index (χ2n) is 7.25. The number of hydrogen-bond donors (Lipinski definition) is 3. The monoisotopic (exact) mass is 282 g/mol. The van der Waals surface area contributed by atoms with Gasteiger partial charge in [0.1, 0.15) is 6.04 Å². The zero-order valence-electron chi connectivity index (χ0n) is 12.6. The van der Waals surface area contributed by atoms with Gasteiger partial charge in [-0.3, -0.25) is 4.79 Å². The molecule has 4 unspecified atom stereocenters. The molecular weight excluding hydrogens is 256 g/mol. The molecule has 4 atom stereocenters. The number of carbonyl (C=O) groups is 2. The van der Waals surface area contributed by atoms with Gasteiger partial charge in [-0.05, 0) is 30.6 Å². The van der Waals surface area contributed by atoms with Gasteiger partial charge >= 0.3 is 5.97 Å². The maximum atomic E-state index is 12.3. The van der Waals surface area contributed by atoms with Crippen molar-refractivity contribution in [1.29, 1.82) is 0 Å². The first kappa shape index (κ1) is 15.3. The number of carboxylic acid groups (broad SMARTS) is 1. The van der Waals surface area contributed by atoms with Crippen LogP contribution >= 0.6 is 0 Å². The molecule has 0 radical (unpaired) electrons. The number of aliphatic carboxylic acids is 1. The summed E-state index contributed by atoms with van der Waals surface area (Å²) in [4.78, 5) is 23.6. The third kappa shape index (κ3) is 3.32. The summed E-state index contributed by atoms with van der Waals surface area (Å²) in [7, 11) is 0. The Hall–Kier alpha value is -1.10. The van der Waals surface area contributed by atoms with Gasteiger partial charge in [0.25, 0.3) is 0 Å². The van der Waals surface area contributed by atoms with Crippen LogP contribution in [0, 0.1) is 11.3 Å². The van der Waals surface area contributed by atoms with E-state index in [0.29, 0.717) is 12.0 Å². The van der Waals surface area contributed by atoms with E-state index in [2.05, 4.69) is 10.6 Å². The van der Waals surface area contributed by atoms with Gasteiger partial charge in [0, 0.05) is 6.04 Å². The average molecular weight is 282 g/mol. The number of nitrogens with one attached hydrogen (secondary N) is 2. The van der Waals surface area contributed by atoms with E-state index in [0.717, 1.165) is 12.8 Å². The van der Waals surface area contributed by atoms with E-state index < -0.39 is 17.4 Å². The van der Waals surface area contributed by atoms with Crippen LogP contribution in [0.4, 0.5) is 0 Å². The Balaban J connectivity index is 1.96. The van der Waals surface area contributed by atoms with Crippen LogP contribution < -0.4 is 10.6 Å². The van der Waals surface area contributed by atoms with Crippen molar-refractivity contribution in [2.75, 3.05) is 0 Å². The zero-order valence-corrected chi connectivity index (χ0v) is 12.6. The molecule has 114 valence electrons. The predicted molar refractivity (Wildman–Crippen MR) is 76.3 cm³/mol. The lowest BCUT2D eigenvalue weighted by Crippen LogP contribution is -2.54. The van der Waals surface area contributed by atoms with Gasteiger partial charge < -0.3 is 15.7 Å². The Morgan fingerprint density at radius 1 is 1.25 bits per heavy atom. The summed E-state index contributed by atoms with van der Waals surface area (Å²) >= 11 is 0. The fraction of sp³-hybridized carbons (Fsp3) is 0.867. The number of rotatable bonds is 3. The molecule has 1 aliphatic carbocycles. The fourth-order valence-corrected chi connectivity index (χ4v) is 3.41. The highest BCUT2D eigenvalue weighted by Crippen LogP contribution is 2.33. The minimum atomic E-state index is -0.971. The SMILES string of the molecule is CC(C)(C)C(NC(=O)C1CC2CCCCC2N1)C(=O)O. The highest BCUT2D eigenvalue weighted by Gasteiger charge is 2.40. The van der Waals surface area contributed by atoms with Crippen LogP contribution in [-0.2, 0) is 9.59 Å². The van der Waals surface area contributed by atoms with Crippen LogP contribution in [-0.4, -0.2) is 35.1 Å². The molecule has 0 aromatic carbocycles. The quantitative estimate of drug-likeness (QED) is 0.733. The summed E-state index contributed by atoms with van der Waals surface area (Å²) in [6.07, 6.45) is 5.63.